The van der Waals surface area contributed by atoms with Crippen LogP contribution in [0, 0.1) is 0 Å². The van der Waals surface area contributed by atoms with Crippen LogP contribution in [0.2, 0.25) is 0 Å². The maximum absolute atomic E-state index is 10.8. The number of aromatic nitrogens is 2. The van der Waals surface area contributed by atoms with Gasteiger partial charge >= 0.3 is 5.97 Å². The number of hydrogen-bond donors (Lipinski definition) is 2. The van der Waals surface area contributed by atoms with Crippen LogP contribution in [-0.2, 0) is 17.9 Å². The minimum Gasteiger partial charge on any atom is -0.477 e. The van der Waals surface area contributed by atoms with Crippen molar-refractivity contribution in [3.63, 3.8) is 0 Å². The number of carbonyl (C=O) groups is 2. The van der Waals surface area contributed by atoms with Gasteiger partial charge in [-0.2, -0.15) is 5.10 Å². The minimum atomic E-state index is -1.02. The number of nitrogens with one attached hydrogen (secondary N) is 1. The first-order valence-electron chi connectivity index (χ1n) is 4.59. The van der Waals surface area contributed by atoms with Gasteiger partial charge in [0.15, 0.2) is 0 Å². The zero-order valence-electron chi connectivity index (χ0n) is 8.65. The fourth-order valence-corrected chi connectivity index (χ4v) is 1.18. The smallest absolute Gasteiger partial charge is 0.354 e. The van der Waals surface area contributed by atoms with Crippen molar-refractivity contribution >= 4 is 11.9 Å². The van der Waals surface area contributed by atoms with Gasteiger partial charge in [-0.05, 0) is 13.0 Å². The highest BCUT2D eigenvalue weighted by atomic mass is 16.4. The Morgan fingerprint density at radius 1 is 1.60 bits per heavy atom. The molecule has 0 saturated carbocycles. The molecular weight excluding hydrogens is 198 g/mol. The largest absolute Gasteiger partial charge is 0.477 e. The number of nitrogens with zero attached hydrogens (tertiary/aromatic N) is 2. The van der Waals surface area contributed by atoms with E-state index in [-0.39, 0.29) is 18.1 Å². The summed E-state index contributed by atoms with van der Waals surface area (Å²) in [4.78, 5) is 21.4. The van der Waals surface area contributed by atoms with Gasteiger partial charge in [0.25, 0.3) is 0 Å². The van der Waals surface area contributed by atoms with Crippen LogP contribution in [0.3, 0.4) is 0 Å². The molecule has 6 nitrogen and oxygen atoms in total. The van der Waals surface area contributed by atoms with Crippen LogP contribution in [0.25, 0.3) is 0 Å². The highest BCUT2D eigenvalue weighted by Crippen LogP contribution is 2.04. The van der Waals surface area contributed by atoms with E-state index in [0.29, 0.717) is 12.2 Å². The number of aryl methyl sites for hydroxylation is 1. The predicted molar refractivity (Wildman–Crippen MR) is 52.4 cm³/mol. The van der Waals surface area contributed by atoms with E-state index in [9.17, 15) is 9.59 Å². The Kier molecular flexibility index (Phi) is 3.43. The summed E-state index contributed by atoms with van der Waals surface area (Å²) in [6.07, 6.45) is 0. The normalized spacial score (nSPS) is 10.0. The van der Waals surface area contributed by atoms with Crippen LogP contribution in [0.15, 0.2) is 6.07 Å². The van der Waals surface area contributed by atoms with Crippen molar-refractivity contribution in [3.05, 3.63) is 17.5 Å². The molecule has 0 radical (unpaired) electrons. The predicted octanol–water partition coefficient (Wildman–Crippen LogP) is 0.237. The quantitative estimate of drug-likeness (QED) is 0.747. The molecular formula is C9H13N3O3. The van der Waals surface area contributed by atoms with E-state index in [1.165, 1.54) is 17.7 Å². The molecule has 82 valence electrons. The molecule has 1 rings (SSSR count). The summed E-state index contributed by atoms with van der Waals surface area (Å²) in [5, 5.41) is 15.4. The molecule has 1 heterocycles. The number of carboxylic acid groups (broad SMARTS) is 1. The monoisotopic (exact) mass is 211 g/mol. The fraction of sp³-hybridized carbons (Fsp3) is 0.444. The maximum Gasteiger partial charge on any atom is 0.354 e. The molecule has 0 aliphatic heterocycles. The molecule has 0 spiro atoms. The van der Waals surface area contributed by atoms with Crippen LogP contribution in [-0.4, -0.2) is 26.8 Å². The van der Waals surface area contributed by atoms with Crippen LogP contribution < -0.4 is 5.32 Å². The van der Waals surface area contributed by atoms with Crippen LogP contribution in [0.4, 0.5) is 0 Å². The average Bonchev–Trinajstić information content (AvgIpc) is 2.57. The van der Waals surface area contributed by atoms with Crippen molar-refractivity contribution in [3.8, 4) is 0 Å². The topological polar surface area (TPSA) is 84.2 Å². The first-order chi connectivity index (χ1) is 7.04. The van der Waals surface area contributed by atoms with Gasteiger partial charge in [-0.3, -0.25) is 9.48 Å². The van der Waals surface area contributed by atoms with E-state index < -0.39 is 5.97 Å². The summed E-state index contributed by atoms with van der Waals surface area (Å²) in [7, 11) is 0. The van der Waals surface area contributed by atoms with Gasteiger partial charge in [-0.25, -0.2) is 4.79 Å². The van der Waals surface area contributed by atoms with Crippen molar-refractivity contribution in [1.29, 1.82) is 0 Å². The third kappa shape index (κ3) is 2.80. The Hall–Kier alpha value is -1.85. The summed E-state index contributed by atoms with van der Waals surface area (Å²) in [6.45, 7) is 3.95. The summed E-state index contributed by atoms with van der Waals surface area (Å²) < 4.78 is 1.39. The molecule has 0 atom stereocenters. The fourth-order valence-electron chi connectivity index (χ4n) is 1.18. The molecule has 2 N–H and O–H groups in total. The van der Waals surface area contributed by atoms with E-state index in [1.807, 2.05) is 6.92 Å². The number of carbonyl (C=O) groups excluding carboxylic acids is 1. The lowest BCUT2D eigenvalue weighted by Crippen LogP contribution is -2.19. The van der Waals surface area contributed by atoms with E-state index in [4.69, 9.17) is 5.11 Å². The Balaban J connectivity index is 2.83. The molecule has 0 fully saturated rings. The zero-order valence-corrected chi connectivity index (χ0v) is 8.65. The Bertz CT molecular complexity index is 384. The van der Waals surface area contributed by atoms with Crippen molar-refractivity contribution in [2.45, 2.75) is 26.9 Å². The standard InChI is InChI=1S/C9H13N3O3/c1-3-12-8(9(14)15)4-7(11-12)5-10-6(2)13/h4H,3,5H2,1-2H3,(H,10,13)(H,14,15). The maximum atomic E-state index is 10.8. The number of aromatic carboxylic acids is 1. The first kappa shape index (κ1) is 11.2. The number of carboxylic acids is 1. The van der Waals surface area contributed by atoms with Gasteiger partial charge in [-0.1, -0.05) is 0 Å². The van der Waals surface area contributed by atoms with E-state index in [2.05, 4.69) is 10.4 Å². The van der Waals surface area contributed by atoms with Crippen molar-refractivity contribution in [2.75, 3.05) is 0 Å². The van der Waals surface area contributed by atoms with Crippen LogP contribution in [0.5, 0.6) is 0 Å². The third-order valence-electron chi connectivity index (χ3n) is 1.87. The molecule has 15 heavy (non-hydrogen) atoms. The molecule has 6 heteroatoms. The summed E-state index contributed by atoms with van der Waals surface area (Å²) in [6, 6.07) is 1.46. The van der Waals surface area contributed by atoms with Gasteiger partial charge in [0, 0.05) is 13.5 Å². The van der Waals surface area contributed by atoms with Gasteiger partial charge < -0.3 is 10.4 Å². The summed E-state index contributed by atoms with van der Waals surface area (Å²) in [5.74, 6) is -1.18. The van der Waals surface area contributed by atoms with Gasteiger partial charge in [-0.15, -0.1) is 0 Å². The second-order valence-electron chi connectivity index (χ2n) is 3.05. The molecule has 0 aliphatic carbocycles. The van der Waals surface area contributed by atoms with Crippen molar-refractivity contribution < 1.29 is 14.7 Å². The lowest BCUT2D eigenvalue weighted by molar-refractivity contribution is -0.119. The highest BCUT2D eigenvalue weighted by Gasteiger charge is 2.12. The molecule has 0 aromatic carbocycles. The lowest BCUT2D eigenvalue weighted by atomic mass is 10.3. The second-order valence-corrected chi connectivity index (χ2v) is 3.05. The number of amides is 1. The summed E-state index contributed by atoms with van der Waals surface area (Å²) in [5.41, 5.74) is 0.683. The molecule has 0 saturated heterocycles. The molecule has 1 aromatic rings. The van der Waals surface area contributed by atoms with Gasteiger partial charge in [0.05, 0.1) is 12.2 Å². The van der Waals surface area contributed by atoms with E-state index >= 15 is 0 Å². The van der Waals surface area contributed by atoms with Crippen LogP contribution in [0.1, 0.15) is 30.0 Å². The molecule has 0 bridgehead atoms. The van der Waals surface area contributed by atoms with Crippen molar-refractivity contribution in [2.24, 2.45) is 0 Å². The Morgan fingerprint density at radius 2 is 2.27 bits per heavy atom. The van der Waals surface area contributed by atoms with Crippen LogP contribution >= 0.6 is 0 Å². The molecule has 0 unspecified atom stereocenters. The Morgan fingerprint density at radius 3 is 2.67 bits per heavy atom. The van der Waals surface area contributed by atoms with Crippen molar-refractivity contribution in [1.82, 2.24) is 15.1 Å². The highest BCUT2D eigenvalue weighted by molar-refractivity contribution is 5.85. The average molecular weight is 211 g/mol. The summed E-state index contributed by atoms with van der Waals surface area (Å²) >= 11 is 0. The van der Waals surface area contributed by atoms with Gasteiger partial charge in [0.2, 0.25) is 5.91 Å². The lowest BCUT2D eigenvalue weighted by Gasteiger charge is -1.98. The third-order valence-corrected chi connectivity index (χ3v) is 1.87. The van der Waals surface area contributed by atoms with E-state index in [1.54, 1.807) is 0 Å². The number of rotatable bonds is 4. The Labute approximate surface area is 86.9 Å². The first-order valence-corrected chi connectivity index (χ1v) is 4.59. The minimum absolute atomic E-state index is 0.137. The zero-order chi connectivity index (χ0) is 11.4. The molecule has 0 aliphatic rings. The molecule has 1 aromatic heterocycles. The second kappa shape index (κ2) is 4.59. The van der Waals surface area contributed by atoms with E-state index in [0.717, 1.165) is 0 Å². The molecule has 1 amide bonds. The SMILES string of the molecule is CCn1nc(CNC(C)=O)cc1C(=O)O. The number of hydrogen-bond acceptors (Lipinski definition) is 3. The van der Waals surface area contributed by atoms with Gasteiger partial charge in [0.1, 0.15) is 5.69 Å².